The first-order chi connectivity index (χ1) is 10.6. The number of nitrogens with zero attached hydrogens (tertiary/aromatic N) is 2. The van der Waals surface area contributed by atoms with Crippen molar-refractivity contribution in [3.8, 4) is 5.75 Å². The summed E-state index contributed by atoms with van der Waals surface area (Å²) < 4.78 is 5.56. The van der Waals surface area contributed by atoms with Crippen LogP contribution in [0.3, 0.4) is 0 Å². The second-order valence-corrected chi connectivity index (χ2v) is 6.31. The minimum Gasteiger partial charge on any atom is -0.481 e. The monoisotopic (exact) mass is 339 g/mol. The molecule has 1 aromatic heterocycles. The van der Waals surface area contributed by atoms with Crippen molar-refractivity contribution >= 4 is 34.0 Å². The molecular weight excluding hydrogens is 322 g/mol. The summed E-state index contributed by atoms with van der Waals surface area (Å²) >= 11 is 7.28. The summed E-state index contributed by atoms with van der Waals surface area (Å²) in [4.78, 5) is 12.1. The molecule has 7 heteroatoms. The number of benzene rings is 1. The van der Waals surface area contributed by atoms with Gasteiger partial charge in [0.2, 0.25) is 5.13 Å². The zero-order chi connectivity index (χ0) is 15.9. The highest BCUT2D eigenvalue weighted by atomic mass is 35.5. The number of ether oxygens (including phenoxy) is 1. The van der Waals surface area contributed by atoms with Crippen LogP contribution in [0.4, 0.5) is 5.13 Å². The van der Waals surface area contributed by atoms with Gasteiger partial charge in [-0.25, -0.2) is 0 Å². The molecule has 0 aliphatic rings. The topological polar surface area (TPSA) is 64.1 Å². The van der Waals surface area contributed by atoms with E-state index < -0.39 is 6.10 Å². The Morgan fingerprint density at radius 3 is 3.00 bits per heavy atom. The first-order valence-electron chi connectivity index (χ1n) is 7.14. The van der Waals surface area contributed by atoms with Crippen molar-refractivity contribution in [2.45, 2.75) is 39.2 Å². The van der Waals surface area contributed by atoms with Gasteiger partial charge >= 0.3 is 0 Å². The number of anilines is 1. The summed E-state index contributed by atoms with van der Waals surface area (Å²) in [5, 5.41) is 12.7. The van der Waals surface area contributed by atoms with E-state index in [1.54, 1.807) is 31.2 Å². The number of carbonyl (C=O) groups is 1. The summed E-state index contributed by atoms with van der Waals surface area (Å²) in [5.41, 5.74) is 0. The highest BCUT2D eigenvalue weighted by Crippen LogP contribution is 2.20. The fraction of sp³-hybridized carbons (Fsp3) is 0.400. The van der Waals surface area contributed by atoms with Crippen LogP contribution in [-0.2, 0) is 11.2 Å². The fourth-order valence-electron chi connectivity index (χ4n) is 1.74. The van der Waals surface area contributed by atoms with E-state index in [0.29, 0.717) is 15.9 Å². The second-order valence-electron chi connectivity index (χ2n) is 4.81. The molecule has 5 nitrogen and oxygen atoms in total. The zero-order valence-corrected chi connectivity index (χ0v) is 14.1. The van der Waals surface area contributed by atoms with Crippen molar-refractivity contribution in [2.75, 3.05) is 5.32 Å². The smallest absolute Gasteiger partial charge is 0.266 e. The van der Waals surface area contributed by atoms with E-state index >= 15 is 0 Å². The second kappa shape index (κ2) is 8.10. The van der Waals surface area contributed by atoms with Crippen molar-refractivity contribution in [1.29, 1.82) is 0 Å². The van der Waals surface area contributed by atoms with Gasteiger partial charge in [-0.2, -0.15) is 0 Å². The van der Waals surface area contributed by atoms with Gasteiger partial charge in [-0.3, -0.25) is 10.1 Å². The minimum atomic E-state index is -0.651. The molecule has 0 fully saturated rings. The number of hydrogen-bond acceptors (Lipinski definition) is 5. The van der Waals surface area contributed by atoms with Crippen LogP contribution in [0, 0.1) is 0 Å². The number of halogens is 1. The van der Waals surface area contributed by atoms with E-state index in [0.717, 1.165) is 24.3 Å². The van der Waals surface area contributed by atoms with Crippen LogP contribution >= 0.6 is 22.9 Å². The van der Waals surface area contributed by atoms with Crippen LogP contribution in [-0.4, -0.2) is 22.2 Å². The predicted molar refractivity (Wildman–Crippen MR) is 88.7 cm³/mol. The molecule has 1 N–H and O–H groups in total. The van der Waals surface area contributed by atoms with Crippen LogP contribution in [0.25, 0.3) is 0 Å². The van der Waals surface area contributed by atoms with Crippen LogP contribution in [0.2, 0.25) is 5.02 Å². The van der Waals surface area contributed by atoms with Crippen LogP contribution < -0.4 is 10.1 Å². The van der Waals surface area contributed by atoms with Gasteiger partial charge in [0.05, 0.1) is 0 Å². The molecule has 2 aromatic rings. The lowest BCUT2D eigenvalue weighted by molar-refractivity contribution is -0.122. The summed E-state index contributed by atoms with van der Waals surface area (Å²) in [6.45, 7) is 3.80. The van der Waals surface area contributed by atoms with E-state index in [2.05, 4.69) is 22.4 Å². The summed E-state index contributed by atoms with van der Waals surface area (Å²) in [6.07, 6.45) is 2.41. The van der Waals surface area contributed by atoms with E-state index in [-0.39, 0.29) is 5.91 Å². The van der Waals surface area contributed by atoms with Gasteiger partial charge in [0.15, 0.2) is 6.10 Å². The Morgan fingerprint density at radius 1 is 1.45 bits per heavy atom. The maximum absolute atomic E-state index is 12.1. The molecule has 2 rings (SSSR count). The van der Waals surface area contributed by atoms with Gasteiger partial charge in [-0.15, -0.1) is 10.2 Å². The Morgan fingerprint density at radius 2 is 2.27 bits per heavy atom. The van der Waals surface area contributed by atoms with Crippen molar-refractivity contribution < 1.29 is 9.53 Å². The molecule has 1 heterocycles. The average molecular weight is 340 g/mol. The molecule has 0 aliphatic heterocycles. The molecule has 0 saturated heterocycles. The predicted octanol–water partition coefficient (Wildman–Crippen LogP) is 3.94. The minimum absolute atomic E-state index is 0.266. The Labute approximate surface area is 138 Å². The number of amides is 1. The van der Waals surface area contributed by atoms with Crippen molar-refractivity contribution in [2.24, 2.45) is 0 Å². The highest BCUT2D eigenvalue weighted by Gasteiger charge is 2.17. The van der Waals surface area contributed by atoms with Gasteiger partial charge in [-0.1, -0.05) is 42.3 Å². The molecule has 0 radical (unpaired) electrons. The highest BCUT2D eigenvalue weighted by molar-refractivity contribution is 7.15. The SMILES string of the molecule is CCCCc1nnc(NC(=O)C(C)Oc2cccc(Cl)c2)s1. The third kappa shape index (κ3) is 4.96. The lowest BCUT2D eigenvalue weighted by Crippen LogP contribution is -2.30. The lowest BCUT2D eigenvalue weighted by atomic mass is 10.3. The third-order valence-corrected chi connectivity index (χ3v) is 4.05. The molecule has 1 unspecified atom stereocenters. The molecule has 0 aliphatic carbocycles. The summed E-state index contributed by atoms with van der Waals surface area (Å²) in [7, 11) is 0. The van der Waals surface area contributed by atoms with Crippen LogP contribution in [0.5, 0.6) is 5.75 Å². The normalized spacial score (nSPS) is 12.0. The van der Waals surface area contributed by atoms with Crippen molar-refractivity contribution in [3.63, 3.8) is 0 Å². The first kappa shape index (κ1) is 16.7. The number of unbranched alkanes of at least 4 members (excludes halogenated alkanes) is 1. The quantitative estimate of drug-likeness (QED) is 0.829. The Kier molecular flexibility index (Phi) is 6.15. The maximum atomic E-state index is 12.1. The Hall–Kier alpha value is -1.66. The Balaban J connectivity index is 1.89. The molecule has 1 amide bonds. The number of nitrogens with one attached hydrogen (secondary N) is 1. The fourth-order valence-corrected chi connectivity index (χ4v) is 2.70. The van der Waals surface area contributed by atoms with Gasteiger partial charge in [0, 0.05) is 11.4 Å². The maximum Gasteiger partial charge on any atom is 0.266 e. The van der Waals surface area contributed by atoms with Crippen molar-refractivity contribution in [1.82, 2.24) is 10.2 Å². The average Bonchev–Trinajstić information content (AvgIpc) is 2.92. The number of rotatable bonds is 7. The van der Waals surface area contributed by atoms with E-state index in [9.17, 15) is 4.79 Å². The van der Waals surface area contributed by atoms with Gasteiger partial charge < -0.3 is 4.74 Å². The van der Waals surface area contributed by atoms with E-state index in [1.165, 1.54) is 11.3 Å². The van der Waals surface area contributed by atoms with Crippen LogP contribution in [0.1, 0.15) is 31.7 Å². The van der Waals surface area contributed by atoms with E-state index in [1.807, 2.05) is 0 Å². The summed E-state index contributed by atoms with van der Waals surface area (Å²) in [6, 6.07) is 6.94. The first-order valence-corrected chi connectivity index (χ1v) is 8.33. The molecular formula is C15H18ClN3O2S. The van der Waals surface area contributed by atoms with Crippen LogP contribution in [0.15, 0.2) is 24.3 Å². The molecule has 0 spiro atoms. The number of hydrogen-bond donors (Lipinski definition) is 1. The van der Waals surface area contributed by atoms with Gasteiger partial charge in [0.25, 0.3) is 5.91 Å². The standard InChI is InChI=1S/C15H18ClN3O2S/c1-3-4-8-13-18-19-15(22-13)17-14(20)10(2)21-12-7-5-6-11(16)9-12/h5-7,9-10H,3-4,8H2,1-2H3,(H,17,19,20). The van der Waals surface area contributed by atoms with Gasteiger partial charge in [-0.05, 0) is 31.5 Å². The molecule has 22 heavy (non-hydrogen) atoms. The molecule has 118 valence electrons. The molecule has 1 atom stereocenters. The number of aromatic nitrogens is 2. The largest absolute Gasteiger partial charge is 0.481 e. The zero-order valence-electron chi connectivity index (χ0n) is 12.5. The molecule has 1 aromatic carbocycles. The number of aryl methyl sites for hydroxylation is 1. The number of carbonyl (C=O) groups excluding carboxylic acids is 1. The molecule has 0 bridgehead atoms. The third-order valence-electron chi connectivity index (χ3n) is 2.92. The Bertz CT molecular complexity index is 633. The van der Waals surface area contributed by atoms with Gasteiger partial charge in [0.1, 0.15) is 10.8 Å². The summed E-state index contributed by atoms with van der Waals surface area (Å²) in [5.74, 6) is 0.286. The lowest BCUT2D eigenvalue weighted by Gasteiger charge is -2.13. The van der Waals surface area contributed by atoms with E-state index in [4.69, 9.17) is 16.3 Å². The molecule has 0 saturated carbocycles. The van der Waals surface area contributed by atoms with Crippen molar-refractivity contribution in [3.05, 3.63) is 34.3 Å².